The van der Waals surface area contributed by atoms with Gasteiger partial charge in [0.25, 0.3) is 0 Å². The molecule has 1 N–H and O–H groups in total. The van der Waals surface area contributed by atoms with Gasteiger partial charge in [0.2, 0.25) is 5.91 Å². The van der Waals surface area contributed by atoms with Crippen LogP contribution in [0.15, 0.2) is 42.6 Å². The molecule has 2 aromatic rings. The van der Waals surface area contributed by atoms with E-state index in [1.165, 1.54) is 18.4 Å². The number of anilines is 2. The monoisotopic (exact) mass is 366 g/mol. The highest BCUT2D eigenvalue weighted by Crippen LogP contribution is 2.16. The molecule has 27 heavy (non-hydrogen) atoms. The quantitative estimate of drug-likeness (QED) is 0.816. The van der Waals surface area contributed by atoms with Crippen LogP contribution in [0.5, 0.6) is 0 Å². The molecule has 0 saturated carbocycles. The molecule has 1 aliphatic rings. The molecule has 1 fully saturated rings. The van der Waals surface area contributed by atoms with E-state index >= 15 is 0 Å². The third-order valence-corrected chi connectivity index (χ3v) is 5.07. The number of aryl methyl sites for hydroxylation is 1. The topological polar surface area (TPSA) is 48.5 Å². The van der Waals surface area contributed by atoms with Gasteiger partial charge in [-0.15, -0.1) is 0 Å². The van der Waals surface area contributed by atoms with Gasteiger partial charge in [0.05, 0.1) is 18.3 Å². The SMILES string of the molecule is CCCCc1ccc(CC(=O)Nc2ccc(N3CCN(C)CC3)nc2)cc1. The normalized spacial score (nSPS) is 15.0. The first-order valence-electron chi connectivity index (χ1n) is 9.91. The van der Waals surface area contributed by atoms with Crippen molar-refractivity contribution in [2.24, 2.45) is 0 Å². The summed E-state index contributed by atoms with van der Waals surface area (Å²) in [4.78, 5) is 21.4. The lowest BCUT2D eigenvalue weighted by atomic mass is 10.0. The summed E-state index contributed by atoms with van der Waals surface area (Å²) in [5, 5.41) is 2.95. The predicted molar refractivity (Wildman–Crippen MR) is 111 cm³/mol. The molecule has 0 aliphatic carbocycles. The van der Waals surface area contributed by atoms with E-state index in [9.17, 15) is 4.79 Å². The Balaban J connectivity index is 1.50. The highest BCUT2D eigenvalue weighted by atomic mass is 16.1. The number of nitrogens with one attached hydrogen (secondary N) is 1. The van der Waals surface area contributed by atoms with E-state index in [0.29, 0.717) is 6.42 Å². The Hall–Kier alpha value is -2.40. The summed E-state index contributed by atoms with van der Waals surface area (Å²) >= 11 is 0. The molecule has 1 amide bonds. The molecule has 1 aromatic heterocycles. The molecule has 2 heterocycles. The van der Waals surface area contributed by atoms with Crippen LogP contribution in [-0.4, -0.2) is 49.0 Å². The fraction of sp³-hybridized carbons (Fsp3) is 0.455. The van der Waals surface area contributed by atoms with Crippen molar-refractivity contribution in [2.45, 2.75) is 32.6 Å². The maximum atomic E-state index is 12.3. The van der Waals surface area contributed by atoms with E-state index in [4.69, 9.17) is 0 Å². The van der Waals surface area contributed by atoms with Crippen molar-refractivity contribution in [3.05, 3.63) is 53.7 Å². The average molecular weight is 367 g/mol. The Kier molecular flexibility index (Phi) is 6.82. The van der Waals surface area contributed by atoms with Crippen LogP contribution >= 0.6 is 0 Å². The summed E-state index contributed by atoms with van der Waals surface area (Å²) in [5.41, 5.74) is 3.12. The van der Waals surface area contributed by atoms with E-state index in [-0.39, 0.29) is 5.91 Å². The molecule has 1 saturated heterocycles. The molecule has 5 heteroatoms. The predicted octanol–water partition coefficient (Wildman–Crippen LogP) is 3.36. The van der Waals surface area contributed by atoms with Crippen LogP contribution in [-0.2, 0) is 17.6 Å². The van der Waals surface area contributed by atoms with Gasteiger partial charge >= 0.3 is 0 Å². The number of pyridine rings is 1. The van der Waals surface area contributed by atoms with Crippen molar-refractivity contribution in [2.75, 3.05) is 43.4 Å². The van der Waals surface area contributed by atoms with Crippen LogP contribution in [0.3, 0.4) is 0 Å². The van der Waals surface area contributed by atoms with Crippen LogP contribution in [0, 0.1) is 0 Å². The second kappa shape index (κ2) is 9.51. The Morgan fingerprint density at radius 3 is 2.37 bits per heavy atom. The molecule has 0 atom stereocenters. The zero-order chi connectivity index (χ0) is 19.1. The van der Waals surface area contributed by atoms with Crippen molar-refractivity contribution in [3.63, 3.8) is 0 Å². The third-order valence-electron chi connectivity index (χ3n) is 5.07. The van der Waals surface area contributed by atoms with Gasteiger partial charge in [0.15, 0.2) is 0 Å². The van der Waals surface area contributed by atoms with E-state index < -0.39 is 0 Å². The molecule has 0 bridgehead atoms. The van der Waals surface area contributed by atoms with Gasteiger partial charge < -0.3 is 15.1 Å². The van der Waals surface area contributed by atoms with Crippen molar-refractivity contribution in [1.29, 1.82) is 0 Å². The lowest BCUT2D eigenvalue weighted by Gasteiger charge is -2.33. The van der Waals surface area contributed by atoms with Crippen molar-refractivity contribution in [3.8, 4) is 0 Å². The second-order valence-corrected chi connectivity index (χ2v) is 7.34. The molecule has 5 nitrogen and oxygen atoms in total. The number of likely N-dealkylation sites (N-methyl/N-ethyl adjacent to an activating group) is 1. The number of hydrogen-bond donors (Lipinski definition) is 1. The minimum Gasteiger partial charge on any atom is -0.354 e. The lowest BCUT2D eigenvalue weighted by molar-refractivity contribution is -0.115. The van der Waals surface area contributed by atoms with Crippen LogP contribution in [0.25, 0.3) is 0 Å². The Bertz CT molecular complexity index is 719. The third kappa shape index (κ3) is 5.79. The number of carbonyl (C=O) groups excluding carboxylic acids is 1. The fourth-order valence-electron chi connectivity index (χ4n) is 3.28. The van der Waals surface area contributed by atoms with Crippen molar-refractivity contribution < 1.29 is 4.79 Å². The average Bonchev–Trinajstić information content (AvgIpc) is 2.69. The first kappa shape index (κ1) is 19.4. The minimum absolute atomic E-state index is 0.00884. The second-order valence-electron chi connectivity index (χ2n) is 7.34. The zero-order valence-corrected chi connectivity index (χ0v) is 16.4. The van der Waals surface area contributed by atoms with E-state index in [0.717, 1.165) is 49.7 Å². The van der Waals surface area contributed by atoms with Crippen LogP contribution in [0.2, 0.25) is 0 Å². The first-order chi connectivity index (χ1) is 13.1. The summed E-state index contributed by atoms with van der Waals surface area (Å²) in [6, 6.07) is 12.3. The highest BCUT2D eigenvalue weighted by molar-refractivity contribution is 5.92. The van der Waals surface area contributed by atoms with Crippen LogP contribution in [0.4, 0.5) is 11.5 Å². The molecule has 0 radical (unpaired) electrons. The minimum atomic E-state index is -0.00884. The lowest BCUT2D eigenvalue weighted by Crippen LogP contribution is -2.44. The molecular weight excluding hydrogens is 336 g/mol. The summed E-state index contributed by atoms with van der Waals surface area (Å²) < 4.78 is 0. The number of benzene rings is 1. The van der Waals surface area contributed by atoms with E-state index in [1.807, 2.05) is 12.1 Å². The van der Waals surface area contributed by atoms with Gasteiger partial charge in [0.1, 0.15) is 5.82 Å². The van der Waals surface area contributed by atoms with Gasteiger partial charge in [-0.2, -0.15) is 0 Å². The largest absolute Gasteiger partial charge is 0.354 e. The van der Waals surface area contributed by atoms with E-state index in [2.05, 4.69) is 58.3 Å². The first-order valence-corrected chi connectivity index (χ1v) is 9.91. The van der Waals surface area contributed by atoms with Gasteiger partial charge in [-0.3, -0.25) is 4.79 Å². The number of unbranched alkanes of at least 4 members (excludes halogenated alkanes) is 1. The molecule has 1 aliphatic heterocycles. The molecule has 144 valence electrons. The highest BCUT2D eigenvalue weighted by Gasteiger charge is 2.15. The smallest absolute Gasteiger partial charge is 0.228 e. The van der Waals surface area contributed by atoms with Gasteiger partial charge in [-0.05, 0) is 43.1 Å². The maximum Gasteiger partial charge on any atom is 0.228 e. The molecule has 0 spiro atoms. The number of nitrogens with zero attached hydrogens (tertiary/aromatic N) is 3. The number of amides is 1. The number of aromatic nitrogens is 1. The van der Waals surface area contributed by atoms with Gasteiger partial charge in [-0.25, -0.2) is 4.98 Å². The van der Waals surface area contributed by atoms with Crippen LogP contribution in [0.1, 0.15) is 30.9 Å². The zero-order valence-electron chi connectivity index (χ0n) is 16.4. The number of piperazine rings is 1. The summed E-state index contributed by atoms with van der Waals surface area (Å²) in [7, 11) is 2.14. The summed E-state index contributed by atoms with van der Waals surface area (Å²) in [6.45, 7) is 6.28. The van der Waals surface area contributed by atoms with Gasteiger partial charge in [-0.1, -0.05) is 37.6 Å². The van der Waals surface area contributed by atoms with Gasteiger partial charge in [0, 0.05) is 26.2 Å². The standard InChI is InChI=1S/C22H30N4O/c1-3-4-5-18-6-8-19(9-7-18)16-22(27)24-20-10-11-21(23-17-20)26-14-12-25(2)13-15-26/h6-11,17H,3-5,12-16H2,1-2H3,(H,24,27). The Morgan fingerprint density at radius 1 is 1.04 bits per heavy atom. The molecule has 1 aromatic carbocycles. The number of rotatable bonds is 7. The number of carbonyl (C=O) groups is 1. The summed E-state index contributed by atoms with van der Waals surface area (Å²) in [5.74, 6) is 0.967. The summed E-state index contributed by atoms with van der Waals surface area (Å²) in [6.07, 6.45) is 5.64. The maximum absolute atomic E-state index is 12.3. The van der Waals surface area contributed by atoms with Crippen molar-refractivity contribution in [1.82, 2.24) is 9.88 Å². The van der Waals surface area contributed by atoms with E-state index in [1.54, 1.807) is 6.20 Å². The number of hydrogen-bond acceptors (Lipinski definition) is 4. The fourth-order valence-corrected chi connectivity index (χ4v) is 3.28. The molecule has 3 rings (SSSR count). The van der Waals surface area contributed by atoms with Crippen molar-refractivity contribution >= 4 is 17.4 Å². The Morgan fingerprint density at radius 2 is 1.74 bits per heavy atom. The Labute approximate surface area is 162 Å². The molecular formula is C22H30N4O. The molecule has 0 unspecified atom stereocenters. The van der Waals surface area contributed by atoms with Crippen LogP contribution < -0.4 is 10.2 Å².